The van der Waals surface area contributed by atoms with E-state index in [1.807, 2.05) is 0 Å². The second-order valence-electron chi connectivity index (χ2n) is 3.93. The first-order valence-corrected chi connectivity index (χ1v) is 4.88. The van der Waals surface area contributed by atoms with Crippen molar-refractivity contribution in [2.75, 3.05) is 39.9 Å². The molecule has 1 unspecified atom stereocenters. The zero-order valence-corrected chi connectivity index (χ0v) is 8.40. The van der Waals surface area contributed by atoms with E-state index in [2.05, 4.69) is 5.32 Å². The number of halogens is 3. The van der Waals surface area contributed by atoms with Crippen molar-refractivity contribution in [2.24, 2.45) is 5.92 Å². The summed E-state index contributed by atoms with van der Waals surface area (Å²) in [4.78, 5) is 1.64. The summed E-state index contributed by atoms with van der Waals surface area (Å²) in [6, 6.07) is 0. The quantitative estimate of drug-likeness (QED) is 0.732. The first kappa shape index (κ1) is 11.8. The van der Waals surface area contributed by atoms with Crippen LogP contribution in [0.25, 0.3) is 0 Å². The molecule has 1 rings (SSSR count). The highest BCUT2D eigenvalue weighted by Gasteiger charge is 2.33. The van der Waals surface area contributed by atoms with Crippen molar-refractivity contribution < 1.29 is 13.2 Å². The van der Waals surface area contributed by atoms with Gasteiger partial charge in [0.05, 0.1) is 19.8 Å². The predicted molar refractivity (Wildman–Crippen MR) is 49.4 cm³/mol. The molecule has 1 saturated heterocycles. The fourth-order valence-corrected chi connectivity index (χ4v) is 1.82. The van der Waals surface area contributed by atoms with Crippen LogP contribution in [0.1, 0.15) is 6.42 Å². The molecule has 0 aliphatic carbocycles. The van der Waals surface area contributed by atoms with Gasteiger partial charge in [-0.25, -0.2) is 8.78 Å². The normalized spacial score (nSPS) is 24.4. The van der Waals surface area contributed by atoms with E-state index in [1.165, 1.54) is 7.05 Å². The van der Waals surface area contributed by atoms with Gasteiger partial charge in [0.15, 0.2) is 0 Å². The molecule has 0 aromatic rings. The van der Waals surface area contributed by atoms with Crippen LogP contribution in [0.5, 0.6) is 0 Å². The number of nitrogens with zero attached hydrogens (tertiary/aromatic N) is 1. The van der Waals surface area contributed by atoms with Crippen LogP contribution in [0, 0.1) is 5.92 Å². The summed E-state index contributed by atoms with van der Waals surface area (Å²) in [5.41, 5.74) is 0. The van der Waals surface area contributed by atoms with Crippen molar-refractivity contribution in [1.82, 2.24) is 10.2 Å². The van der Waals surface area contributed by atoms with Gasteiger partial charge in [0.2, 0.25) is 0 Å². The molecule has 0 saturated carbocycles. The van der Waals surface area contributed by atoms with Crippen molar-refractivity contribution in [3.05, 3.63) is 0 Å². The molecule has 1 N–H and O–H groups in total. The topological polar surface area (TPSA) is 15.3 Å². The Kier molecular flexibility index (Phi) is 4.19. The largest absolute Gasteiger partial charge is 0.314 e. The van der Waals surface area contributed by atoms with Crippen molar-refractivity contribution in [3.63, 3.8) is 0 Å². The molecule has 1 aliphatic rings. The smallest absolute Gasteiger partial charge is 0.272 e. The predicted octanol–water partition coefficient (Wildman–Crippen LogP) is 1.13. The van der Waals surface area contributed by atoms with E-state index in [1.54, 1.807) is 4.90 Å². The minimum absolute atomic E-state index is 0.0413. The number of alkyl halides is 3. The highest BCUT2D eigenvalue weighted by molar-refractivity contribution is 4.81. The molecule has 1 fully saturated rings. The molecule has 5 heteroatoms. The Morgan fingerprint density at radius 1 is 1.50 bits per heavy atom. The Bertz CT molecular complexity index is 175. The molecule has 0 amide bonds. The molecule has 0 bridgehead atoms. The SMILES string of the molecule is CNCC(F)(F)CN1CCC(CF)C1. The molecule has 0 aromatic heterocycles. The Balaban J connectivity index is 2.31. The number of likely N-dealkylation sites (tertiary alicyclic amines) is 1. The van der Waals surface area contributed by atoms with Crippen LogP contribution in [0.3, 0.4) is 0 Å². The molecule has 2 nitrogen and oxygen atoms in total. The van der Waals surface area contributed by atoms with Gasteiger partial charge in [-0.3, -0.25) is 9.29 Å². The average Bonchev–Trinajstić information content (AvgIpc) is 2.51. The molecule has 0 radical (unpaired) electrons. The van der Waals surface area contributed by atoms with Gasteiger partial charge in [-0.2, -0.15) is 0 Å². The van der Waals surface area contributed by atoms with Gasteiger partial charge in [-0.1, -0.05) is 0 Å². The fourth-order valence-electron chi connectivity index (χ4n) is 1.82. The third kappa shape index (κ3) is 3.46. The lowest BCUT2D eigenvalue weighted by molar-refractivity contribution is -0.0248. The van der Waals surface area contributed by atoms with Crippen LogP contribution >= 0.6 is 0 Å². The first-order chi connectivity index (χ1) is 6.57. The Morgan fingerprint density at radius 2 is 2.21 bits per heavy atom. The summed E-state index contributed by atoms with van der Waals surface area (Å²) in [6.45, 7) is 0.0892. The summed E-state index contributed by atoms with van der Waals surface area (Å²) in [5.74, 6) is -2.75. The van der Waals surface area contributed by atoms with E-state index in [0.29, 0.717) is 19.5 Å². The third-order valence-electron chi connectivity index (χ3n) is 2.48. The van der Waals surface area contributed by atoms with E-state index in [0.717, 1.165) is 0 Å². The summed E-state index contributed by atoms with van der Waals surface area (Å²) in [6.07, 6.45) is 0.701. The van der Waals surface area contributed by atoms with Gasteiger partial charge in [-0.05, 0) is 20.0 Å². The molecule has 1 atom stereocenters. The van der Waals surface area contributed by atoms with Gasteiger partial charge in [-0.15, -0.1) is 0 Å². The van der Waals surface area contributed by atoms with Crippen LogP contribution < -0.4 is 5.32 Å². The van der Waals surface area contributed by atoms with Gasteiger partial charge in [0.25, 0.3) is 5.92 Å². The summed E-state index contributed by atoms with van der Waals surface area (Å²) in [7, 11) is 1.50. The second kappa shape index (κ2) is 4.98. The zero-order chi connectivity index (χ0) is 10.6. The van der Waals surface area contributed by atoms with E-state index in [4.69, 9.17) is 0 Å². The number of rotatable bonds is 5. The Hall–Kier alpha value is -0.290. The van der Waals surface area contributed by atoms with Crippen LogP contribution in [0.15, 0.2) is 0 Å². The first-order valence-electron chi connectivity index (χ1n) is 4.88. The molecular weight excluding hydrogens is 193 g/mol. The third-order valence-corrected chi connectivity index (χ3v) is 2.48. The van der Waals surface area contributed by atoms with Crippen molar-refractivity contribution in [1.29, 1.82) is 0 Å². The highest BCUT2D eigenvalue weighted by atomic mass is 19.3. The van der Waals surface area contributed by atoms with Crippen LogP contribution in [-0.2, 0) is 0 Å². The van der Waals surface area contributed by atoms with Crippen molar-refractivity contribution in [2.45, 2.75) is 12.3 Å². The summed E-state index contributed by atoms with van der Waals surface area (Å²) < 4.78 is 38.4. The molecule has 1 heterocycles. The second-order valence-corrected chi connectivity index (χ2v) is 3.93. The molecule has 0 spiro atoms. The van der Waals surface area contributed by atoms with Crippen LogP contribution in [0.4, 0.5) is 13.2 Å². The van der Waals surface area contributed by atoms with E-state index < -0.39 is 12.6 Å². The highest BCUT2D eigenvalue weighted by Crippen LogP contribution is 2.21. The standard InChI is InChI=1S/C9H17F3N2/c1-13-6-9(11,12)7-14-3-2-8(4-10)5-14/h8,13H,2-7H2,1H3. The maximum atomic E-state index is 13.1. The molecule has 84 valence electrons. The molecule has 14 heavy (non-hydrogen) atoms. The maximum Gasteiger partial charge on any atom is 0.272 e. The number of hydrogen-bond donors (Lipinski definition) is 1. The van der Waals surface area contributed by atoms with E-state index >= 15 is 0 Å². The van der Waals surface area contributed by atoms with Gasteiger partial charge in [0, 0.05) is 12.5 Å². The lowest BCUT2D eigenvalue weighted by atomic mass is 10.1. The molecule has 0 aromatic carbocycles. The Morgan fingerprint density at radius 3 is 2.71 bits per heavy atom. The van der Waals surface area contributed by atoms with Gasteiger partial charge < -0.3 is 5.32 Å². The number of nitrogens with one attached hydrogen (secondary N) is 1. The minimum Gasteiger partial charge on any atom is -0.314 e. The van der Waals surface area contributed by atoms with Crippen molar-refractivity contribution in [3.8, 4) is 0 Å². The molecular formula is C9H17F3N2. The van der Waals surface area contributed by atoms with E-state index in [-0.39, 0.29) is 19.0 Å². The Labute approximate surface area is 82.5 Å². The number of hydrogen-bond acceptors (Lipinski definition) is 2. The van der Waals surface area contributed by atoms with Gasteiger partial charge >= 0.3 is 0 Å². The van der Waals surface area contributed by atoms with Crippen LogP contribution in [0.2, 0.25) is 0 Å². The summed E-state index contributed by atoms with van der Waals surface area (Å²) in [5, 5.41) is 2.46. The zero-order valence-electron chi connectivity index (χ0n) is 8.40. The average molecular weight is 210 g/mol. The summed E-state index contributed by atoms with van der Waals surface area (Å²) >= 11 is 0. The van der Waals surface area contributed by atoms with Crippen LogP contribution in [-0.4, -0.2) is 50.7 Å². The monoisotopic (exact) mass is 210 g/mol. The van der Waals surface area contributed by atoms with Gasteiger partial charge in [0.1, 0.15) is 0 Å². The van der Waals surface area contributed by atoms with E-state index in [9.17, 15) is 13.2 Å². The molecule has 1 aliphatic heterocycles. The maximum absolute atomic E-state index is 13.1. The minimum atomic E-state index is -2.71. The lowest BCUT2D eigenvalue weighted by Gasteiger charge is -2.23. The lowest BCUT2D eigenvalue weighted by Crippen LogP contribution is -2.42. The van der Waals surface area contributed by atoms with Crippen molar-refractivity contribution >= 4 is 0 Å². The fraction of sp³-hybridized carbons (Fsp3) is 1.00.